The average Bonchev–Trinajstić information content (AvgIpc) is 3.30. The van der Waals surface area contributed by atoms with Crippen LogP contribution in [0, 0.1) is 5.92 Å². The molecule has 1 amide bonds. The summed E-state index contributed by atoms with van der Waals surface area (Å²) in [6.07, 6.45) is 2.20. The van der Waals surface area contributed by atoms with Crippen LogP contribution in [-0.4, -0.2) is 53.8 Å². The number of halogens is 1. The lowest BCUT2D eigenvalue weighted by Gasteiger charge is -2.17. The maximum Gasteiger partial charge on any atom is 0.243 e. The van der Waals surface area contributed by atoms with Crippen LogP contribution in [-0.2, 0) is 24.7 Å². The summed E-state index contributed by atoms with van der Waals surface area (Å²) in [6.45, 7) is 0.577. The van der Waals surface area contributed by atoms with Crippen LogP contribution in [0.2, 0.25) is 5.02 Å². The molecule has 1 fully saturated rings. The highest BCUT2D eigenvalue weighted by Gasteiger charge is 2.35. The van der Waals surface area contributed by atoms with Crippen LogP contribution in [0.3, 0.4) is 0 Å². The van der Waals surface area contributed by atoms with Gasteiger partial charge in [0.1, 0.15) is 5.75 Å². The maximum absolute atomic E-state index is 12.9. The molecule has 2 aromatic carbocycles. The van der Waals surface area contributed by atoms with Crippen LogP contribution < -0.4 is 10.1 Å². The van der Waals surface area contributed by atoms with E-state index in [1.54, 1.807) is 12.1 Å². The molecule has 0 aliphatic carbocycles. The summed E-state index contributed by atoms with van der Waals surface area (Å²) in [5, 5.41) is 4.29. The Kier molecular flexibility index (Phi) is 8.17. The molecule has 1 saturated heterocycles. The summed E-state index contributed by atoms with van der Waals surface area (Å²) in [5.41, 5.74) is 0. The zero-order valence-corrected chi connectivity index (χ0v) is 20.4. The molecule has 8 nitrogen and oxygen atoms in total. The van der Waals surface area contributed by atoms with E-state index in [-0.39, 0.29) is 35.3 Å². The van der Waals surface area contributed by atoms with Gasteiger partial charge < -0.3 is 10.1 Å². The minimum Gasteiger partial charge on any atom is -0.497 e. The number of benzene rings is 2. The number of methoxy groups -OCH3 is 1. The Hall–Kier alpha value is -2.40. The molecular formula is C22H25ClN2O6S2. The number of sulfonamides is 1. The van der Waals surface area contributed by atoms with E-state index in [1.165, 1.54) is 53.9 Å². The lowest BCUT2D eigenvalue weighted by molar-refractivity contribution is -0.124. The summed E-state index contributed by atoms with van der Waals surface area (Å²) in [6, 6.07) is 12.1. The number of nitrogens with one attached hydrogen (secondary N) is 1. The van der Waals surface area contributed by atoms with Gasteiger partial charge in [-0.25, -0.2) is 16.8 Å². The van der Waals surface area contributed by atoms with Gasteiger partial charge in [0.05, 0.1) is 22.8 Å². The van der Waals surface area contributed by atoms with Crippen LogP contribution in [0.5, 0.6) is 5.75 Å². The molecule has 1 heterocycles. The third-order valence-corrected chi connectivity index (χ3v) is 8.82. The second-order valence-electron chi connectivity index (χ2n) is 7.48. The summed E-state index contributed by atoms with van der Waals surface area (Å²) in [5.74, 6) is -0.282. The first kappa shape index (κ1) is 25.2. The minimum atomic E-state index is -3.73. The van der Waals surface area contributed by atoms with Gasteiger partial charge in [-0.15, -0.1) is 0 Å². The highest BCUT2D eigenvalue weighted by molar-refractivity contribution is 7.94. The number of hydrogen-bond acceptors (Lipinski definition) is 6. The second-order valence-corrected chi connectivity index (χ2v) is 11.7. The van der Waals surface area contributed by atoms with Crippen molar-refractivity contribution in [1.29, 1.82) is 0 Å². The SMILES string of the molecule is COc1cccc(S(=O)(=O)N2CCC(C(=O)NCC/C=C/S(=O)(=O)c3ccc(Cl)cc3)C2)c1. The Morgan fingerprint density at radius 3 is 2.58 bits per heavy atom. The minimum absolute atomic E-state index is 0.0894. The number of carbonyl (C=O) groups is 1. The molecule has 1 aliphatic rings. The van der Waals surface area contributed by atoms with Gasteiger partial charge in [0.2, 0.25) is 15.9 Å². The first-order valence-electron chi connectivity index (χ1n) is 10.2. The van der Waals surface area contributed by atoms with Crippen molar-refractivity contribution in [2.75, 3.05) is 26.7 Å². The Labute approximate surface area is 199 Å². The molecule has 0 bridgehead atoms. The van der Waals surface area contributed by atoms with Crippen molar-refractivity contribution < 1.29 is 26.4 Å². The van der Waals surface area contributed by atoms with Crippen LogP contribution in [0.15, 0.2) is 69.8 Å². The smallest absolute Gasteiger partial charge is 0.243 e. The Balaban J connectivity index is 1.49. The fourth-order valence-corrected chi connectivity index (χ4v) is 6.12. The fourth-order valence-electron chi connectivity index (χ4n) is 3.39. The molecule has 3 rings (SSSR count). The Morgan fingerprint density at radius 1 is 1.15 bits per heavy atom. The molecule has 1 aliphatic heterocycles. The van der Waals surface area contributed by atoms with Crippen LogP contribution in [0.1, 0.15) is 12.8 Å². The van der Waals surface area contributed by atoms with Crippen LogP contribution >= 0.6 is 11.6 Å². The predicted octanol–water partition coefficient (Wildman–Crippen LogP) is 2.85. The zero-order chi connectivity index (χ0) is 24.1. The third-order valence-electron chi connectivity index (χ3n) is 5.23. The van der Waals surface area contributed by atoms with E-state index in [0.717, 1.165) is 5.41 Å². The van der Waals surface area contributed by atoms with E-state index < -0.39 is 25.8 Å². The van der Waals surface area contributed by atoms with Gasteiger partial charge in [-0.2, -0.15) is 4.31 Å². The van der Waals surface area contributed by atoms with Crippen molar-refractivity contribution in [2.45, 2.75) is 22.6 Å². The van der Waals surface area contributed by atoms with Crippen molar-refractivity contribution in [1.82, 2.24) is 9.62 Å². The number of nitrogens with zero attached hydrogens (tertiary/aromatic N) is 1. The molecule has 33 heavy (non-hydrogen) atoms. The molecular weight excluding hydrogens is 488 g/mol. The van der Waals surface area contributed by atoms with E-state index in [4.69, 9.17) is 16.3 Å². The first-order valence-corrected chi connectivity index (χ1v) is 13.6. The lowest BCUT2D eigenvalue weighted by atomic mass is 10.1. The normalized spacial score (nSPS) is 17.3. The predicted molar refractivity (Wildman–Crippen MR) is 125 cm³/mol. The molecule has 1 N–H and O–H groups in total. The summed E-state index contributed by atoms with van der Waals surface area (Å²) < 4.78 is 56.6. The molecule has 1 unspecified atom stereocenters. The van der Waals surface area contributed by atoms with E-state index in [0.29, 0.717) is 23.6 Å². The molecule has 0 spiro atoms. The van der Waals surface area contributed by atoms with Gasteiger partial charge in [-0.05, 0) is 49.2 Å². The number of rotatable bonds is 9. The molecule has 2 aromatic rings. The van der Waals surface area contributed by atoms with Crippen molar-refractivity contribution in [2.24, 2.45) is 5.92 Å². The standard InChI is InChI=1S/C22H25ClN2O6S2/c1-31-19-5-4-6-21(15-19)33(29,30)25-13-11-17(16-25)22(26)24-12-2-3-14-32(27,28)20-9-7-18(23)8-10-20/h3-10,14-15,17H,2,11-13,16H2,1H3,(H,24,26)/b14-3+. The highest BCUT2D eigenvalue weighted by Crippen LogP contribution is 2.26. The van der Waals surface area contributed by atoms with E-state index in [1.807, 2.05) is 0 Å². The quantitative estimate of drug-likeness (QED) is 0.517. The number of amides is 1. The van der Waals surface area contributed by atoms with E-state index >= 15 is 0 Å². The number of sulfone groups is 1. The molecule has 0 aromatic heterocycles. The Morgan fingerprint density at radius 2 is 1.88 bits per heavy atom. The van der Waals surface area contributed by atoms with Crippen molar-refractivity contribution in [3.63, 3.8) is 0 Å². The second kappa shape index (κ2) is 10.7. The van der Waals surface area contributed by atoms with Crippen molar-refractivity contribution in [3.8, 4) is 5.75 Å². The summed E-state index contributed by atoms with van der Waals surface area (Å²) in [4.78, 5) is 12.7. The van der Waals surface area contributed by atoms with Gasteiger partial charge in [-0.1, -0.05) is 23.7 Å². The molecule has 178 valence electrons. The van der Waals surface area contributed by atoms with E-state index in [9.17, 15) is 21.6 Å². The van der Waals surface area contributed by atoms with Crippen LogP contribution in [0.25, 0.3) is 0 Å². The van der Waals surface area contributed by atoms with Crippen molar-refractivity contribution in [3.05, 3.63) is 65.0 Å². The first-order chi connectivity index (χ1) is 15.6. The van der Waals surface area contributed by atoms with Gasteiger partial charge in [0.15, 0.2) is 9.84 Å². The molecule has 0 radical (unpaired) electrons. The van der Waals surface area contributed by atoms with Gasteiger partial charge in [-0.3, -0.25) is 4.79 Å². The number of ether oxygens (including phenoxy) is 1. The number of carbonyl (C=O) groups excluding carboxylic acids is 1. The molecule has 1 atom stereocenters. The largest absolute Gasteiger partial charge is 0.497 e. The maximum atomic E-state index is 12.9. The zero-order valence-electron chi connectivity index (χ0n) is 18.0. The van der Waals surface area contributed by atoms with E-state index in [2.05, 4.69) is 5.32 Å². The third kappa shape index (κ3) is 6.35. The fraction of sp³-hybridized carbons (Fsp3) is 0.318. The monoisotopic (exact) mass is 512 g/mol. The average molecular weight is 513 g/mol. The highest BCUT2D eigenvalue weighted by atomic mass is 35.5. The summed E-state index contributed by atoms with van der Waals surface area (Å²) in [7, 11) is -5.85. The van der Waals surface area contributed by atoms with Gasteiger partial charge >= 0.3 is 0 Å². The molecule has 0 saturated carbocycles. The topological polar surface area (TPSA) is 110 Å². The Bertz CT molecular complexity index is 1230. The molecule has 11 heteroatoms. The number of hydrogen-bond donors (Lipinski definition) is 1. The van der Waals surface area contributed by atoms with Gasteiger partial charge in [0, 0.05) is 36.1 Å². The van der Waals surface area contributed by atoms with Crippen molar-refractivity contribution >= 4 is 37.4 Å². The summed E-state index contributed by atoms with van der Waals surface area (Å²) >= 11 is 5.77. The van der Waals surface area contributed by atoms with Crippen LogP contribution in [0.4, 0.5) is 0 Å². The van der Waals surface area contributed by atoms with Gasteiger partial charge in [0.25, 0.3) is 0 Å². The lowest BCUT2D eigenvalue weighted by Crippen LogP contribution is -2.35.